The third-order valence-corrected chi connectivity index (χ3v) is 2.56. The van der Waals surface area contributed by atoms with Gasteiger partial charge in [-0.05, 0) is 26.0 Å². The van der Waals surface area contributed by atoms with E-state index in [1.165, 1.54) is 0 Å². The molecule has 0 aliphatic rings. The minimum Gasteiger partial charge on any atom is -0.296 e. The molecule has 0 saturated carbocycles. The molecule has 0 radical (unpaired) electrons. The van der Waals surface area contributed by atoms with Crippen LogP contribution in [0.4, 0.5) is 0 Å². The molecule has 0 amide bonds. The van der Waals surface area contributed by atoms with Gasteiger partial charge < -0.3 is 0 Å². The van der Waals surface area contributed by atoms with Crippen LogP contribution in [0.1, 0.15) is 21.7 Å². The number of carbonyl (C=O) groups excluding carboxylic acids is 1. The standard InChI is InChI=1S/C12H12N2O/c1-9-10(2)14(13-12(9)8-15)11-6-4-3-5-7-11/h3-8H,1-2H3. The van der Waals surface area contributed by atoms with Gasteiger partial charge in [-0.3, -0.25) is 4.79 Å². The van der Waals surface area contributed by atoms with Crippen molar-refractivity contribution in [2.75, 3.05) is 0 Å². The number of benzene rings is 1. The summed E-state index contributed by atoms with van der Waals surface area (Å²) in [5.74, 6) is 0. The van der Waals surface area contributed by atoms with Crippen molar-refractivity contribution in [2.45, 2.75) is 13.8 Å². The second-order valence-electron chi connectivity index (χ2n) is 3.46. The molecule has 1 aromatic heterocycles. The summed E-state index contributed by atoms with van der Waals surface area (Å²) < 4.78 is 1.79. The molecule has 2 aromatic rings. The fourth-order valence-electron chi connectivity index (χ4n) is 1.53. The zero-order valence-corrected chi connectivity index (χ0v) is 8.77. The van der Waals surface area contributed by atoms with Gasteiger partial charge in [0.1, 0.15) is 5.69 Å². The second kappa shape index (κ2) is 3.69. The third kappa shape index (κ3) is 1.56. The minimum absolute atomic E-state index is 0.511. The number of nitrogens with zero attached hydrogens (tertiary/aromatic N) is 2. The summed E-state index contributed by atoms with van der Waals surface area (Å²) >= 11 is 0. The van der Waals surface area contributed by atoms with E-state index < -0.39 is 0 Å². The highest BCUT2D eigenvalue weighted by Crippen LogP contribution is 2.15. The Morgan fingerprint density at radius 1 is 1.20 bits per heavy atom. The second-order valence-corrected chi connectivity index (χ2v) is 3.46. The van der Waals surface area contributed by atoms with E-state index >= 15 is 0 Å². The fraction of sp³-hybridized carbons (Fsp3) is 0.167. The highest BCUT2D eigenvalue weighted by Gasteiger charge is 2.10. The first-order chi connectivity index (χ1) is 7.24. The Kier molecular flexibility index (Phi) is 2.37. The lowest BCUT2D eigenvalue weighted by molar-refractivity contribution is 0.111. The van der Waals surface area contributed by atoms with Crippen LogP contribution in [0, 0.1) is 13.8 Å². The molecule has 0 aliphatic carbocycles. The van der Waals surface area contributed by atoms with E-state index in [9.17, 15) is 4.79 Å². The van der Waals surface area contributed by atoms with Crippen molar-refractivity contribution in [2.24, 2.45) is 0 Å². The van der Waals surface area contributed by atoms with Crippen LogP contribution in [0.2, 0.25) is 0 Å². The monoisotopic (exact) mass is 200 g/mol. The molecule has 3 heteroatoms. The molecule has 15 heavy (non-hydrogen) atoms. The molecular formula is C12H12N2O. The molecule has 1 heterocycles. The van der Waals surface area contributed by atoms with Gasteiger partial charge in [0.25, 0.3) is 0 Å². The number of para-hydroxylation sites is 1. The molecule has 1 aromatic carbocycles. The Morgan fingerprint density at radius 2 is 1.87 bits per heavy atom. The summed E-state index contributed by atoms with van der Waals surface area (Å²) in [4.78, 5) is 10.7. The summed E-state index contributed by atoms with van der Waals surface area (Å²) in [6, 6.07) is 9.79. The summed E-state index contributed by atoms with van der Waals surface area (Å²) in [5.41, 5.74) is 3.43. The first-order valence-corrected chi connectivity index (χ1v) is 4.81. The molecule has 0 aliphatic heterocycles. The molecule has 0 spiro atoms. The van der Waals surface area contributed by atoms with Crippen LogP contribution in [-0.2, 0) is 0 Å². The van der Waals surface area contributed by atoms with E-state index in [-0.39, 0.29) is 0 Å². The maximum Gasteiger partial charge on any atom is 0.170 e. The number of rotatable bonds is 2. The van der Waals surface area contributed by atoms with Gasteiger partial charge >= 0.3 is 0 Å². The van der Waals surface area contributed by atoms with E-state index in [1.54, 1.807) is 4.68 Å². The number of aldehydes is 1. The van der Waals surface area contributed by atoms with Crippen molar-refractivity contribution in [3.05, 3.63) is 47.3 Å². The van der Waals surface area contributed by atoms with Crippen molar-refractivity contribution in [3.8, 4) is 5.69 Å². The molecule has 3 nitrogen and oxygen atoms in total. The Labute approximate surface area is 88.4 Å². The van der Waals surface area contributed by atoms with Gasteiger partial charge in [0.2, 0.25) is 0 Å². The lowest BCUT2D eigenvalue weighted by atomic mass is 10.2. The van der Waals surface area contributed by atoms with Crippen molar-refractivity contribution < 1.29 is 4.79 Å². The van der Waals surface area contributed by atoms with Gasteiger partial charge in [-0.25, -0.2) is 4.68 Å². The van der Waals surface area contributed by atoms with Crippen LogP contribution < -0.4 is 0 Å². The van der Waals surface area contributed by atoms with E-state index in [4.69, 9.17) is 0 Å². The predicted molar refractivity (Wildman–Crippen MR) is 58.4 cm³/mol. The zero-order valence-electron chi connectivity index (χ0n) is 8.77. The quantitative estimate of drug-likeness (QED) is 0.697. The average molecular weight is 200 g/mol. The van der Waals surface area contributed by atoms with Gasteiger partial charge in [0, 0.05) is 11.3 Å². The van der Waals surface area contributed by atoms with Crippen LogP contribution in [0.15, 0.2) is 30.3 Å². The van der Waals surface area contributed by atoms with E-state index in [0.717, 1.165) is 23.2 Å². The lowest BCUT2D eigenvalue weighted by Crippen LogP contribution is -1.98. The number of hydrogen-bond acceptors (Lipinski definition) is 2. The molecule has 0 N–H and O–H groups in total. The summed E-state index contributed by atoms with van der Waals surface area (Å²) in [6.07, 6.45) is 0.793. The molecule has 0 atom stereocenters. The van der Waals surface area contributed by atoms with Crippen LogP contribution >= 0.6 is 0 Å². The van der Waals surface area contributed by atoms with E-state index in [1.807, 2.05) is 44.2 Å². The van der Waals surface area contributed by atoms with Crippen molar-refractivity contribution in [3.63, 3.8) is 0 Å². The van der Waals surface area contributed by atoms with Gasteiger partial charge in [-0.1, -0.05) is 18.2 Å². The van der Waals surface area contributed by atoms with Crippen molar-refractivity contribution in [1.29, 1.82) is 0 Å². The highest BCUT2D eigenvalue weighted by atomic mass is 16.1. The highest BCUT2D eigenvalue weighted by molar-refractivity contribution is 5.74. The Bertz CT molecular complexity index is 486. The number of hydrogen-bond donors (Lipinski definition) is 0. The maximum atomic E-state index is 10.7. The third-order valence-electron chi connectivity index (χ3n) is 2.56. The summed E-state index contributed by atoms with van der Waals surface area (Å²) in [7, 11) is 0. The van der Waals surface area contributed by atoms with E-state index in [0.29, 0.717) is 5.69 Å². The number of carbonyl (C=O) groups is 1. The summed E-state index contributed by atoms with van der Waals surface area (Å²) in [5, 5.41) is 4.25. The van der Waals surface area contributed by atoms with Gasteiger partial charge in [-0.15, -0.1) is 0 Å². The molecule has 0 bridgehead atoms. The molecular weight excluding hydrogens is 188 g/mol. The number of aromatic nitrogens is 2. The lowest BCUT2D eigenvalue weighted by Gasteiger charge is -2.03. The average Bonchev–Trinajstić information content (AvgIpc) is 2.57. The summed E-state index contributed by atoms with van der Waals surface area (Å²) in [6.45, 7) is 3.87. The first-order valence-electron chi connectivity index (χ1n) is 4.81. The van der Waals surface area contributed by atoms with Crippen LogP contribution in [0.5, 0.6) is 0 Å². The predicted octanol–water partition coefficient (Wildman–Crippen LogP) is 2.30. The topological polar surface area (TPSA) is 34.9 Å². The maximum absolute atomic E-state index is 10.7. The molecule has 0 fully saturated rings. The minimum atomic E-state index is 0.511. The first kappa shape index (κ1) is 9.65. The van der Waals surface area contributed by atoms with Crippen LogP contribution in [-0.4, -0.2) is 16.1 Å². The van der Waals surface area contributed by atoms with Crippen molar-refractivity contribution in [1.82, 2.24) is 9.78 Å². The smallest absolute Gasteiger partial charge is 0.170 e. The Morgan fingerprint density at radius 3 is 2.40 bits per heavy atom. The van der Waals surface area contributed by atoms with E-state index in [2.05, 4.69) is 5.10 Å². The van der Waals surface area contributed by atoms with Crippen molar-refractivity contribution >= 4 is 6.29 Å². The van der Waals surface area contributed by atoms with Gasteiger partial charge in [0.15, 0.2) is 6.29 Å². The van der Waals surface area contributed by atoms with Gasteiger partial charge in [0.05, 0.1) is 5.69 Å². The molecule has 0 unspecified atom stereocenters. The molecule has 0 saturated heterocycles. The fourth-order valence-corrected chi connectivity index (χ4v) is 1.53. The SMILES string of the molecule is Cc1c(C=O)nn(-c2ccccc2)c1C. The zero-order chi connectivity index (χ0) is 10.8. The van der Waals surface area contributed by atoms with Crippen LogP contribution in [0.25, 0.3) is 5.69 Å². The largest absolute Gasteiger partial charge is 0.296 e. The van der Waals surface area contributed by atoms with Gasteiger partial charge in [-0.2, -0.15) is 5.10 Å². The normalized spacial score (nSPS) is 10.3. The van der Waals surface area contributed by atoms with Crippen LogP contribution in [0.3, 0.4) is 0 Å². The Hall–Kier alpha value is -1.90. The molecule has 76 valence electrons. The Balaban J connectivity index is 2.59. The molecule has 2 rings (SSSR count).